The second-order valence-corrected chi connectivity index (χ2v) is 10.0. The van der Waals surface area contributed by atoms with Gasteiger partial charge in [0.1, 0.15) is 0 Å². The molecule has 0 bridgehead atoms. The average molecular weight is 257 g/mol. The summed E-state index contributed by atoms with van der Waals surface area (Å²) in [5.74, 6) is 0. The summed E-state index contributed by atoms with van der Waals surface area (Å²) in [5.41, 5.74) is 0. The van der Waals surface area contributed by atoms with Gasteiger partial charge in [-0.15, -0.1) is 6.58 Å². The highest BCUT2D eigenvalue weighted by atomic mass is 28.4. The zero-order valence-electron chi connectivity index (χ0n) is 12.3. The van der Waals surface area contributed by atoms with Crippen molar-refractivity contribution in [1.82, 2.24) is 0 Å². The lowest BCUT2D eigenvalue weighted by Crippen LogP contribution is -2.27. The predicted octanol–water partition coefficient (Wildman–Crippen LogP) is 5.53. The van der Waals surface area contributed by atoms with Gasteiger partial charge in [0.25, 0.3) is 0 Å². The molecular formula is C15H32OSi. The Hall–Kier alpha value is -0.0831. The third-order valence-electron chi connectivity index (χ3n) is 3.49. The van der Waals surface area contributed by atoms with E-state index < -0.39 is 8.32 Å². The minimum Gasteiger partial charge on any atom is -0.420 e. The van der Waals surface area contributed by atoms with E-state index in [9.17, 15) is 0 Å². The van der Waals surface area contributed by atoms with Gasteiger partial charge in [-0.2, -0.15) is 0 Å². The molecule has 17 heavy (non-hydrogen) atoms. The van der Waals surface area contributed by atoms with Crippen LogP contribution in [0.15, 0.2) is 12.7 Å². The van der Waals surface area contributed by atoms with Crippen molar-refractivity contribution in [2.45, 2.75) is 76.9 Å². The lowest BCUT2D eigenvalue weighted by molar-refractivity contribution is 0.400. The van der Waals surface area contributed by atoms with E-state index in [1.165, 1.54) is 63.8 Å². The molecule has 0 radical (unpaired) electrons. The fourth-order valence-corrected chi connectivity index (χ4v) is 3.31. The van der Waals surface area contributed by atoms with Gasteiger partial charge in [0, 0.05) is 7.11 Å². The highest BCUT2D eigenvalue weighted by Crippen LogP contribution is 2.16. The highest BCUT2D eigenvalue weighted by Gasteiger charge is 2.18. The molecule has 0 aliphatic rings. The Kier molecular flexibility index (Phi) is 11.0. The van der Waals surface area contributed by atoms with Gasteiger partial charge in [0.05, 0.1) is 0 Å². The summed E-state index contributed by atoms with van der Waals surface area (Å²) in [6, 6.07) is 1.32. The smallest absolute Gasteiger partial charge is 0.186 e. The molecule has 0 heterocycles. The van der Waals surface area contributed by atoms with Crippen LogP contribution in [0.25, 0.3) is 0 Å². The largest absolute Gasteiger partial charge is 0.420 e. The van der Waals surface area contributed by atoms with E-state index in [1.807, 2.05) is 13.2 Å². The van der Waals surface area contributed by atoms with Gasteiger partial charge in [0.15, 0.2) is 8.32 Å². The summed E-state index contributed by atoms with van der Waals surface area (Å²) in [7, 11) is 0.593. The van der Waals surface area contributed by atoms with Crippen molar-refractivity contribution in [1.29, 1.82) is 0 Å². The molecule has 0 saturated carbocycles. The van der Waals surface area contributed by atoms with Crippen LogP contribution >= 0.6 is 0 Å². The van der Waals surface area contributed by atoms with E-state index in [-0.39, 0.29) is 0 Å². The summed E-state index contributed by atoms with van der Waals surface area (Å²) >= 11 is 0. The van der Waals surface area contributed by atoms with Gasteiger partial charge in [0.2, 0.25) is 0 Å². The van der Waals surface area contributed by atoms with E-state index in [2.05, 4.69) is 19.7 Å². The molecular weight excluding hydrogens is 224 g/mol. The lowest BCUT2D eigenvalue weighted by atomic mass is 10.1. The number of hydrogen-bond donors (Lipinski definition) is 0. The molecule has 0 amide bonds. The molecule has 1 nitrogen and oxygen atoms in total. The van der Waals surface area contributed by atoms with E-state index in [1.54, 1.807) is 0 Å². The Labute approximate surface area is 110 Å². The van der Waals surface area contributed by atoms with Gasteiger partial charge in [-0.3, -0.25) is 0 Å². The first-order valence-corrected chi connectivity index (χ1v) is 10.4. The SMILES string of the molecule is C=CCCCCCCCCCC[Si](C)(C)OC. The summed E-state index contributed by atoms with van der Waals surface area (Å²) < 4.78 is 5.55. The average Bonchev–Trinajstić information content (AvgIpc) is 2.31. The molecule has 0 rings (SSSR count). The van der Waals surface area contributed by atoms with Crippen LogP contribution < -0.4 is 0 Å². The molecule has 2 heteroatoms. The second-order valence-electron chi connectivity index (χ2n) is 5.62. The minimum absolute atomic E-state index is 1.19. The Morgan fingerprint density at radius 2 is 1.35 bits per heavy atom. The predicted molar refractivity (Wildman–Crippen MR) is 81.0 cm³/mol. The van der Waals surface area contributed by atoms with E-state index >= 15 is 0 Å². The Bertz CT molecular complexity index is 178. The molecule has 0 N–H and O–H groups in total. The van der Waals surface area contributed by atoms with Crippen LogP contribution in [0.3, 0.4) is 0 Å². The monoisotopic (exact) mass is 256 g/mol. The third kappa shape index (κ3) is 12.2. The highest BCUT2D eigenvalue weighted by molar-refractivity contribution is 6.71. The van der Waals surface area contributed by atoms with Crippen molar-refractivity contribution in [3.05, 3.63) is 12.7 Å². The molecule has 0 fully saturated rings. The first-order chi connectivity index (χ1) is 8.12. The summed E-state index contributed by atoms with van der Waals surface area (Å²) in [5, 5.41) is 0. The van der Waals surface area contributed by atoms with Gasteiger partial charge in [-0.05, 0) is 32.0 Å². The van der Waals surface area contributed by atoms with Gasteiger partial charge in [-0.1, -0.05) is 51.0 Å². The summed E-state index contributed by atoms with van der Waals surface area (Å²) in [6.07, 6.45) is 14.4. The van der Waals surface area contributed by atoms with Crippen LogP contribution in [0.2, 0.25) is 19.1 Å². The maximum atomic E-state index is 5.55. The Morgan fingerprint density at radius 3 is 1.82 bits per heavy atom. The molecule has 0 aromatic carbocycles. The van der Waals surface area contributed by atoms with Crippen molar-refractivity contribution in [2.24, 2.45) is 0 Å². The molecule has 102 valence electrons. The van der Waals surface area contributed by atoms with Crippen molar-refractivity contribution in [3.8, 4) is 0 Å². The Morgan fingerprint density at radius 1 is 0.882 bits per heavy atom. The third-order valence-corrected chi connectivity index (χ3v) is 6.15. The molecule has 0 aliphatic heterocycles. The number of allylic oxidation sites excluding steroid dienone is 1. The zero-order valence-corrected chi connectivity index (χ0v) is 13.3. The molecule has 0 aromatic rings. The maximum absolute atomic E-state index is 5.55. The van der Waals surface area contributed by atoms with Crippen LogP contribution in [0.1, 0.15) is 57.8 Å². The maximum Gasteiger partial charge on any atom is 0.186 e. The first-order valence-electron chi connectivity index (χ1n) is 7.28. The van der Waals surface area contributed by atoms with E-state index in [0.29, 0.717) is 0 Å². The molecule has 0 saturated heterocycles. The van der Waals surface area contributed by atoms with Crippen molar-refractivity contribution in [3.63, 3.8) is 0 Å². The molecule has 0 atom stereocenters. The Balaban J connectivity index is 3.11. The molecule has 0 spiro atoms. The van der Waals surface area contributed by atoms with Crippen LogP contribution in [-0.2, 0) is 4.43 Å². The van der Waals surface area contributed by atoms with Gasteiger partial charge < -0.3 is 4.43 Å². The second kappa shape index (κ2) is 11.0. The first kappa shape index (κ1) is 16.9. The molecule has 0 aliphatic carbocycles. The van der Waals surface area contributed by atoms with Crippen molar-refractivity contribution in [2.75, 3.05) is 7.11 Å². The molecule has 0 aromatic heterocycles. The standard InChI is InChI=1S/C15H32OSi/c1-5-6-7-8-9-10-11-12-13-14-15-17(3,4)16-2/h5H,1,6-15H2,2-4H3. The number of hydrogen-bond acceptors (Lipinski definition) is 1. The topological polar surface area (TPSA) is 9.23 Å². The minimum atomic E-state index is -1.28. The number of unbranched alkanes of at least 4 members (excludes halogenated alkanes) is 8. The zero-order chi connectivity index (χ0) is 13.0. The van der Waals surface area contributed by atoms with Crippen LogP contribution in [0.4, 0.5) is 0 Å². The van der Waals surface area contributed by atoms with Crippen LogP contribution in [-0.4, -0.2) is 15.4 Å². The van der Waals surface area contributed by atoms with Crippen molar-refractivity contribution >= 4 is 8.32 Å². The van der Waals surface area contributed by atoms with E-state index in [0.717, 1.165) is 0 Å². The fraction of sp³-hybridized carbons (Fsp3) is 0.867. The van der Waals surface area contributed by atoms with E-state index in [4.69, 9.17) is 4.43 Å². The van der Waals surface area contributed by atoms with Crippen LogP contribution in [0, 0.1) is 0 Å². The lowest BCUT2D eigenvalue weighted by Gasteiger charge is -2.19. The van der Waals surface area contributed by atoms with Crippen LogP contribution in [0.5, 0.6) is 0 Å². The quantitative estimate of drug-likeness (QED) is 0.253. The molecule has 0 unspecified atom stereocenters. The van der Waals surface area contributed by atoms with Gasteiger partial charge >= 0.3 is 0 Å². The summed E-state index contributed by atoms with van der Waals surface area (Å²) in [4.78, 5) is 0. The number of rotatable bonds is 12. The fourth-order valence-electron chi connectivity index (χ4n) is 2.00. The normalized spacial score (nSPS) is 11.7. The van der Waals surface area contributed by atoms with Crippen molar-refractivity contribution < 1.29 is 4.43 Å². The van der Waals surface area contributed by atoms with Gasteiger partial charge in [-0.25, -0.2) is 0 Å². The summed E-state index contributed by atoms with van der Waals surface area (Å²) in [6.45, 7) is 8.37.